The van der Waals surface area contributed by atoms with Gasteiger partial charge in [0.15, 0.2) is 0 Å². The third-order valence-corrected chi connectivity index (χ3v) is 2.76. The van der Waals surface area contributed by atoms with Gasteiger partial charge >= 0.3 is 12.0 Å². The van der Waals surface area contributed by atoms with Crippen LogP contribution in [-0.4, -0.2) is 63.3 Å². The molecular weight excluding hydrogens is 248 g/mol. The van der Waals surface area contributed by atoms with Crippen molar-refractivity contribution in [3.05, 3.63) is 0 Å². The molecule has 0 unspecified atom stereocenters. The van der Waals surface area contributed by atoms with Gasteiger partial charge in [-0.05, 0) is 41.0 Å². The molecule has 2 amide bonds. The topological polar surface area (TPSA) is 81.1 Å². The Labute approximate surface area is 115 Å². The van der Waals surface area contributed by atoms with E-state index in [9.17, 15) is 9.59 Å². The Morgan fingerprint density at radius 1 is 1.21 bits per heavy atom. The number of aliphatic carboxylic acids is 1. The molecular formula is C13H26N2O4. The van der Waals surface area contributed by atoms with Crippen LogP contribution in [0.3, 0.4) is 0 Å². The molecule has 0 saturated carbocycles. The molecule has 0 aromatic rings. The van der Waals surface area contributed by atoms with E-state index in [2.05, 4.69) is 0 Å². The van der Waals surface area contributed by atoms with Gasteiger partial charge in [-0.15, -0.1) is 0 Å². The predicted molar refractivity (Wildman–Crippen MR) is 73.0 cm³/mol. The van der Waals surface area contributed by atoms with E-state index < -0.39 is 11.5 Å². The lowest BCUT2D eigenvalue weighted by molar-refractivity contribution is -0.138. The van der Waals surface area contributed by atoms with Crippen LogP contribution < -0.4 is 0 Å². The Bertz CT molecular complexity index is 310. The second-order valence-corrected chi connectivity index (χ2v) is 5.80. The fourth-order valence-corrected chi connectivity index (χ4v) is 1.70. The number of carboxylic acids is 1. The molecule has 0 saturated heterocycles. The van der Waals surface area contributed by atoms with Crippen LogP contribution in [-0.2, 0) is 4.79 Å². The van der Waals surface area contributed by atoms with Gasteiger partial charge in [-0.25, -0.2) is 4.79 Å². The summed E-state index contributed by atoms with van der Waals surface area (Å²) in [6.07, 6.45) is 0.481. The number of amides is 2. The lowest BCUT2D eigenvalue weighted by atomic mass is 10.1. The monoisotopic (exact) mass is 274 g/mol. The first-order valence-corrected chi connectivity index (χ1v) is 6.52. The van der Waals surface area contributed by atoms with Crippen LogP contribution in [0.2, 0.25) is 0 Å². The normalized spacial score (nSPS) is 11.5. The first-order chi connectivity index (χ1) is 8.61. The molecule has 0 atom stereocenters. The van der Waals surface area contributed by atoms with Crippen LogP contribution in [0.15, 0.2) is 0 Å². The minimum Gasteiger partial charge on any atom is -0.480 e. The summed E-state index contributed by atoms with van der Waals surface area (Å²) in [6, 6.07) is -0.351. The van der Waals surface area contributed by atoms with E-state index in [1.54, 1.807) is 25.7 Å². The molecule has 112 valence electrons. The second kappa shape index (κ2) is 7.33. The van der Waals surface area contributed by atoms with Crippen molar-refractivity contribution in [2.45, 2.75) is 52.6 Å². The maximum Gasteiger partial charge on any atom is 0.323 e. The highest BCUT2D eigenvalue weighted by Gasteiger charge is 2.32. The number of hydrogen-bond acceptors (Lipinski definition) is 3. The molecule has 0 aromatic carbocycles. The van der Waals surface area contributed by atoms with Crippen molar-refractivity contribution in [3.8, 4) is 0 Å². The summed E-state index contributed by atoms with van der Waals surface area (Å²) in [4.78, 5) is 26.3. The van der Waals surface area contributed by atoms with Gasteiger partial charge in [0, 0.05) is 24.7 Å². The quantitative estimate of drug-likeness (QED) is 0.767. The average molecular weight is 274 g/mol. The lowest BCUT2D eigenvalue weighted by Gasteiger charge is -2.39. The zero-order valence-electron chi connectivity index (χ0n) is 12.5. The standard InChI is InChI=1S/C13H26N2O4/c1-10(2)14(7-6-8-16)12(19)15(9-11(17)18)13(3,4)5/h10,16H,6-9H2,1-5H3,(H,17,18). The summed E-state index contributed by atoms with van der Waals surface area (Å²) in [5.41, 5.74) is -0.568. The summed E-state index contributed by atoms with van der Waals surface area (Å²) in [6.45, 7) is 9.25. The number of carbonyl (C=O) groups excluding carboxylic acids is 1. The zero-order valence-corrected chi connectivity index (χ0v) is 12.5. The third-order valence-electron chi connectivity index (χ3n) is 2.76. The van der Waals surface area contributed by atoms with Gasteiger partial charge < -0.3 is 20.0 Å². The van der Waals surface area contributed by atoms with Crippen LogP contribution in [0.4, 0.5) is 4.79 Å². The fourth-order valence-electron chi connectivity index (χ4n) is 1.70. The third kappa shape index (κ3) is 5.92. The molecule has 0 rings (SSSR count). The van der Waals surface area contributed by atoms with Gasteiger partial charge in [0.05, 0.1) is 0 Å². The predicted octanol–water partition coefficient (Wildman–Crippen LogP) is 1.38. The molecule has 0 radical (unpaired) electrons. The smallest absolute Gasteiger partial charge is 0.323 e. The molecule has 0 aliphatic rings. The summed E-state index contributed by atoms with van der Waals surface area (Å²) in [7, 11) is 0. The van der Waals surface area contributed by atoms with E-state index >= 15 is 0 Å². The van der Waals surface area contributed by atoms with E-state index in [1.165, 1.54) is 4.90 Å². The van der Waals surface area contributed by atoms with E-state index in [0.29, 0.717) is 13.0 Å². The van der Waals surface area contributed by atoms with Gasteiger partial charge in [-0.3, -0.25) is 4.79 Å². The lowest BCUT2D eigenvalue weighted by Crippen LogP contribution is -2.55. The molecule has 6 nitrogen and oxygen atoms in total. The van der Waals surface area contributed by atoms with Gasteiger partial charge in [0.1, 0.15) is 6.54 Å². The first kappa shape index (κ1) is 17.7. The molecule has 0 aliphatic carbocycles. The minimum atomic E-state index is -1.03. The fraction of sp³-hybridized carbons (Fsp3) is 0.846. The van der Waals surface area contributed by atoms with Crippen molar-refractivity contribution < 1.29 is 19.8 Å². The SMILES string of the molecule is CC(C)N(CCCO)C(=O)N(CC(=O)O)C(C)(C)C. The molecule has 0 aliphatic heterocycles. The van der Waals surface area contributed by atoms with Crippen molar-refractivity contribution in [1.82, 2.24) is 9.80 Å². The van der Waals surface area contributed by atoms with E-state index in [-0.39, 0.29) is 25.2 Å². The minimum absolute atomic E-state index is 0.00491. The molecule has 0 bridgehead atoms. The number of nitrogens with zero attached hydrogens (tertiary/aromatic N) is 2. The van der Waals surface area contributed by atoms with Gasteiger partial charge in [0.2, 0.25) is 0 Å². The Hall–Kier alpha value is -1.30. The molecule has 0 fully saturated rings. The number of hydrogen-bond donors (Lipinski definition) is 2. The van der Waals surface area contributed by atoms with Gasteiger partial charge in [0.25, 0.3) is 0 Å². The summed E-state index contributed by atoms with van der Waals surface area (Å²) >= 11 is 0. The van der Waals surface area contributed by atoms with Crippen LogP contribution in [0, 0.1) is 0 Å². The largest absolute Gasteiger partial charge is 0.480 e. The van der Waals surface area contributed by atoms with Crippen molar-refractivity contribution in [2.24, 2.45) is 0 Å². The number of carbonyl (C=O) groups is 2. The van der Waals surface area contributed by atoms with Gasteiger partial charge in [-0.1, -0.05) is 0 Å². The number of rotatable bonds is 6. The van der Waals surface area contributed by atoms with E-state index in [4.69, 9.17) is 10.2 Å². The van der Waals surface area contributed by atoms with Gasteiger partial charge in [-0.2, -0.15) is 0 Å². The van der Waals surface area contributed by atoms with Crippen LogP contribution in [0.1, 0.15) is 41.0 Å². The molecule has 6 heteroatoms. The zero-order chi connectivity index (χ0) is 15.2. The summed E-state index contributed by atoms with van der Waals surface area (Å²) in [5, 5.41) is 17.8. The molecule has 0 aromatic heterocycles. The number of aliphatic hydroxyl groups excluding tert-OH is 1. The number of carboxylic acid groups (broad SMARTS) is 1. The highest BCUT2D eigenvalue weighted by molar-refractivity contribution is 5.81. The summed E-state index contributed by atoms with van der Waals surface area (Å²) in [5.74, 6) is -1.03. The van der Waals surface area contributed by atoms with Crippen LogP contribution in [0.25, 0.3) is 0 Å². The second-order valence-electron chi connectivity index (χ2n) is 5.80. The Kier molecular flexibility index (Phi) is 6.83. The number of aliphatic hydroxyl groups is 1. The van der Waals surface area contributed by atoms with Crippen molar-refractivity contribution >= 4 is 12.0 Å². The maximum atomic E-state index is 12.5. The molecule has 0 heterocycles. The summed E-state index contributed by atoms with van der Waals surface area (Å²) < 4.78 is 0. The number of urea groups is 1. The Balaban J connectivity index is 5.07. The molecule has 0 spiro atoms. The highest BCUT2D eigenvalue weighted by atomic mass is 16.4. The highest BCUT2D eigenvalue weighted by Crippen LogP contribution is 2.17. The molecule has 19 heavy (non-hydrogen) atoms. The maximum absolute atomic E-state index is 12.5. The molecule has 2 N–H and O–H groups in total. The van der Waals surface area contributed by atoms with Crippen molar-refractivity contribution in [2.75, 3.05) is 19.7 Å². The van der Waals surface area contributed by atoms with E-state index in [0.717, 1.165) is 0 Å². The van der Waals surface area contributed by atoms with Crippen LogP contribution >= 0.6 is 0 Å². The average Bonchev–Trinajstić information content (AvgIpc) is 2.23. The van der Waals surface area contributed by atoms with Crippen molar-refractivity contribution in [1.29, 1.82) is 0 Å². The van der Waals surface area contributed by atoms with Crippen LogP contribution in [0.5, 0.6) is 0 Å². The Morgan fingerprint density at radius 2 is 1.74 bits per heavy atom. The van der Waals surface area contributed by atoms with E-state index in [1.807, 2.05) is 13.8 Å². The van der Waals surface area contributed by atoms with Crippen molar-refractivity contribution in [3.63, 3.8) is 0 Å². The first-order valence-electron chi connectivity index (χ1n) is 6.52. The Morgan fingerprint density at radius 3 is 2.05 bits per heavy atom.